The molecule has 156 valence electrons. The third kappa shape index (κ3) is 3.71. The number of amides is 1. The van der Waals surface area contributed by atoms with Crippen molar-refractivity contribution in [3.8, 4) is 0 Å². The normalized spacial score (nSPS) is 15.2. The molecule has 2 heterocycles. The standard InChI is InChI=1S/C24H27N3O3/c1-3-21(18-9-5-4-6-10-18)25-23(28)22-17(2)27(26-13-15-30-16-14-26)24(29)20-12-8-7-11-19(20)22/h4-12,21H,3,13-16H2,1-2H3,(H,25,28)/t21-/m0/s1. The first-order valence-corrected chi connectivity index (χ1v) is 10.4. The van der Waals surface area contributed by atoms with Crippen molar-refractivity contribution in [2.24, 2.45) is 0 Å². The number of carbonyl (C=O) groups is 1. The molecule has 30 heavy (non-hydrogen) atoms. The second kappa shape index (κ2) is 8.71. The number of hydrogen-bond donors (Lipinski definition) is 1. The zero-order valence-electron chi connectivity index (χ0n) is 17.4. The van der Waals surface area contributed by atoms with E-state index < -0.39 is 0 Å². The molecule has 0 bridgehead atoms. The fourth-order valence-electron chi connectivity index (χ4n) is 4.17. The average molecular weight is 405 g/mol. The summed E-state index contributed by atoms with van der Waals surface area (Å²) in [5.41, 5.74) is 2.17. The van der Waals surface area contributed by atoms with Gasteiger partial charge in [-0.05, 0) is 25.0 Å². The van der Waals surface area contributed by atoms with Crippen LogP contribution in [-0.4, -0.2) is 36.9 Å². The predicted molar refractivity (Wildman–Crippen MR) is 119 cm³/mol. The number of rotatable bonds is 5. The molecule has 1 saturated heterocycles. The number of nitrogens with one attached hydrogen (secondary N) is 1. The molecule has 1 aliphatic heterocycles. The van der Waals surface area contributed by atoms with Gasteiger partial charge >= 0.3 is 0 Å². The molecule has 1 aromatic heterocycles. The van der Waals surface area contributed by atoms with E-state index >= 15 is 0 Å². The summed E-state index contributed by atoms with van der Waals surface area (Å²) in [5, 5.41) is 6.39. The Balaban J connectivity index is 1.81. The van der Waals surface area contributed by atoms with Crippen molar-refractivity contribution >= 4 is 16.7 Å². The van der Waals surface area contributed by atoms with Crippen LogP contribution in [0.25, 0.3) is 10.8 Å². The molecule has 3 aromatic rings. The number of nitrogens with zero attached hydrogens (tertiary/aromatic N) is 2. The molecule has 0 unspecified atom stereocenters. The topological polar surface area (TPSA) is 63.6 Å². The fourth-order valence-corrected chi connectivity index (χ4v) is 4.17. The maximum absolute atomic E-state index is 13.5. The molecule has 1 fully saturated rings. The van der Waals surface area contributed by atoms with Gasteiger partial charge in [-0.25, -0.2) is 4.68 Å². The Labute approximate surface area is 176 Å². The maximum Gasteiger partial charge on any atom is 0.277 e. The van der Waals surface area contributed by atoms with Crippen LogP contribution >= 0.6 is 0 Å². The fraction of sp³-hybridized carbons (Fsp3) is 0.333. The lowest BCUT2D eigenvalue weighted by molar-refractivity contribution is 0.0934. The van der Waals surface area contributed by atoms with E-state index in [0.717, 1.165) is 12.0 Å². The van der Waals surface area contributed by atoms with Gasteiger partial charge in [-0.2, -0.15) is 0 Å². The van der Waals surface area contributed by atoms with E-state index in [1.165, 1.54) is 0 Å². The summed E-state index contributed by atoms with van der Waals surface area (Å²) in [6.45, 7) is 6.25. The van der Waals surface area contributed by atoms with Crippen LogP contribution in [0.4, 0.5) is 0 Å². The van der Waals surface area contributed by atoms with Gasteiger partial charge in [0.05, 0.1) is 43.6 Å². The third-order valence-electron chi connectivity index (χ3n) is 5.71. The van der Waals surface area contributed by atoms with Crippen LogP contribution in [-0.2, 0) is 4.74 Å². The summed E-state index contributed by atoms with van der Waals surface area (Å²) in [5.74, 6) is -0.165. The number of morpholine rings is 1. The number of ether oxygens (including phenoxy) is 1. The van der Waals surface area contributed by atoms with Crippen LogP contribution < -0.4 is 15.9 Å². The molecule has 0 radical (unpaired) electrons. The summed E-state index contributed by atoms with van der Waals surface area (Å²) in [7, 11) is 0. The predicted octanol–water partition coefficient (Wildman–Crippen LogP) is 3.16. The van der Waals surface area contributed by atoms with Gasteiger partial charge in [0.25, 0.3) is 11.5 Å². The molecule has 2 aromatic carbocycles. The van der Waals surface area contributed by atoms with E-state index in [2.05, 4.69) is 12.2 Å². The van der Waals surface area contributed by atoms with E-state index in [-0.39, 0.29) is 17.5 Å². The van der Waals surface area contributed by atoms with E-state index in [0.29, 0.717) is 48.3 Å². The number of carbonyl (C=O) groups excluding carboxylic acids is 1. The molecule has 1 aliphatic rings. The molecule has 0 aliphatic carbocycles. The van der Waals surface area contributed by atoms with Crippen LogP contribution in [0, 0.1) is 6.92 Å². The Bertz CT molecular complexity index is 1100. The number of pyridine rings is 1. The maximum atomic E-state index is 13.5. The molecule has 1 N–H and O–H groups in total. The Morgan fingerprint density at radius 3 is 2.33 bits per heavy atom. The SMILES string of the molecule is CC[C@H](NC(=O)c1c(C)n(N2CCOCC2)c(=O)c2ccccc12)c1ccccc1. The molecule has 0 saturated carbocycles. The Kier molecular flexibility index (Phi) is 5.86. The Hall–Kier alpha value is -3.12. The van der Waals surface area contributed by atoms with Crippen molar-refractivity contribution in [3.63, 3.8) is 0 Å². The largest absolute Gasteiger partial charge is 0.378 e. The second-order valence-corrected chi connectivity index (χ2v) is 7.53. The van der Waals surface area contributed by atoms with E-state index in [1.807, 2.05) is 60.5 Å². The monoisotopic (exact) mass is 405 g/mol. The second-order valence-electron chi connectivity index (χ2n) is 7.53. The third-order valence-corrected chi connectivity index (χ3v) is 5.71. The number of aromatic nitrogens is 1. The molecule has 0 spiro atoms. The van der Waals surface area contributed by atoms with Crippen LogP contribution in [0.3, 0.4) is 0 Å². The van der Waals surface area contributed by atoms with Crippen molar-refractivity contribution in [2.75, 3.05) is 31.3 Å². The molecule has 4 rings (SSSR count). The minimum atomic E-state index is -0.165. The van der Waals surface area contributed by atoms with Gasteiger partial charge in [-0.15, -0.1) is 0 Å². The van der Waals surface area contributed by atoms with Gasteiger partial charge < -0.3 is 15.1 Å². The zero-order chi connectivity index (χ0) is 21.1. The van der Waals surface area contributed by atoms with Crippen molar-refractivity contribution in [1.29, 1.82) is 0 Å². The molecular formula is C24H27N3O3. The van der Waals surface area contributed by atoms with Crippen LogP contribution in [0.15, 0.2) is 59.4 Å². The zero-order valence-corrected chi connectivity index (χ0v) is 17.4. The summed E-state index contributed by atoms with van der Waals surface area (Å²) >= 11 is 0. The smallest absolute Gasteiger partial charge is 0.277 e. The first-order valence-electron chi connectivity index (χ1n) is 10.4. The summed E-state index contributed by atoms with van der Waals surface area (Å²) in [6, 6.07) is 17.2. The highest BCUT2D eigenvalue weighted by Gasteiger charge is 2.24. The quantitative estimate of drug-likeness (QED) is 0.708. The van der Waals surface area contributed by atoms with Gasteiger partial charge in [0.1, 0.15) is 0 Å². The summed E-state index contributed by atoms with van der Waals surface area (Å²) < 4.78 is 7.10. The van der Waals surface area contributed by atoms with E-state index in [4.69, 9.17) is 4.74 Å². The first-order chi connectivity index (χ1) is 14.6. The molecule has 6 heteroatoms. The highest BCUT2D eigenvalue weighted by atomic mass is 16.5. The minimum absolute atomic E-state index is 0.0966. The van der Waals surface area contributed by atoms with Crippen molar-refractivity contribution in [2.45, 2.75) is 26.3 Å². The number of hydrogen-bond acceptors (Lipinski definition) is 4. The van der Waals surface area contributed by atoms with Crippen molar-refractivity contribution in [1.82, 2.24) is 9.99 Å². The van der Waals surface area contributed by atoms with Gasteiger partial charge in [-0.3, -0.25) is 9.59 Å². The minimum Gasteiger partial charge on any atom is -0.378 e. The Morgan fingerprint density at radius 2 is 1.67 bits per heavy atom. The van der Waals surface area contributed by atoms with Crippen LogP contribution in [0.2, 0.25) is 0 Å². The molecule has 1 amide bonds. The average Bonchev–Trinajstić information content (AvgIpc) is 2.79. The lowest BCUT2D eigenvalue weighted by Gasteiger charge is -2.32. The van der Waals surface area contributed by atoms with E-state index in [9.17, 15) is 9.59 Å². The highest BCUT2D eigenvalue weighted by Crippen LogP contribution is 2.23. The summed E-state index contributed by atoms with van der Waals surface area (Å²) in [4.78, 5) is 26.8. The van der Waals surface area contributed by atoms with Gasteiger partial charge in [0, 0.05) is 10.8 Å². The highest BCUT2D eigenvalue weighted by molar-refractivity contribution is 6.07. The molecule has 6 nitrogen and oxygen atoms in total. The van der Waals surface area contributed by atoms with Crippen LogP contribution in [0.1, 0.15) is 41.0 Å². The molecular weight excluding hydrogens is 378 g/mol. The van der Waals surface area contributed by atoms with Crippen LogP contribution in [0.5, 0.6) is 0 Å². The van der Waals surface area contributed by atoms with Crippen molar-refractivity contribution < 1.29 is 9.53 Å². The molecule has 1 atom stereocenters. The van der Waals surface area contributed by atoms with Gasteiger partial charge in [0.15, 0.2) is 0 Å². The van der Waals surface area contributed by atoms with Crippen molar-refractivity contribution in [3.05, 3.63) is 81.8 Å². The first kappa shape index (κ1) is 20.2. The van der Waals surface area contributed by atoms with Gasteiger partial charge in [-0.1, -0.05) is 55.5 Å². The summed E-state index contributed by atoms with van der Waals surface area (Å²) in [6.07, 6.45) is 0.774. The number of benzene rings is 2. The number of fused-ring (bicyclic) bond motifs is 1. The lowest BCUT2D eigenvalue weighted by Crippen LogP contribution is -2.50. The lowest BCUT2D eigenvalue weighted by atomic mass is 10.0. The van der Waals surface area contributed by atoms with Gasteiger partial charge in [0.2, 0.25) is 0 Å². The van der Waals surface area contributed by atoms with E-state index in [1.54, 1.807) is 10.7 Å². The Morgan fingerprint density at radius 1 is 1.03 bits per heavy atom.